The average Bonchev–Trinajstić information content (AvgIpc) is 3.18. The smallest absolute Gasteiger partial charge is 0.245 e. The molecule has 176 valence electrons. The first-order valence-electron chi connectivity index (χ1n) is 11.7. The third-order valence-corrected chi connectivity index (χ3v) is 7.04. The Morgan fingerprint density at radius 1 is 1.21 bits per heavy atom. The van der Waals surface area contributed by atoms with E-state index in [0.29, 0.717) is 23.0 Å². The summed E-state index contributed by atoms with van der Waals surface area (Å²) in [5.41, 5.74) is 14.9. The first-order chi connectivity index (χ1) is 16.5. The molecule has 2 aliphatic rings. The number of hydrogen-bond acceptors (Lipinski definition) is 6. The van der Waals surface area contributed by atoms with Crippen LogP contribution in [0.25, 0.3) is 11.4 Å². The molecule has 3 heterocycles. The molecule has 2 aromatic heterocycles. The van der Waals surface area contributed by atoms with Crippen LogP contribution in [0.4, 0.5) is 5.82 Å². The molecule has 8 heteroatoms. The molecule has 1 aliphatic carbocycles. The van der Waals surface area contributed by atoms with Crippen molar-refractivity contribution < 1.29 is 9.53 Å². The maximum atomic E-state index is 12.1. The average molecular weight is 459 g/mol. The van der Waals surface area contributed by atoms with E-state index in [1.165, 1.54) is 6.08 Å². The molecule has 0 atom stereocenters. The van der Waals surface area contributed by atoms with Crippen LogP contribution in [-0.4, -0.2) is 38.7 Å². The van der Waals surface area contributed by atoms with Gasteiger partial charge in [0, 0.05) is 25.2 Å². The molecule has 1 aliphatic heterocycles. The van der Waals surface area contributed by atoms with Gasteiger partial charge in [-0.15, -0.1) is 0 Å². The highest BCUT2D eigenvalue weighted by Crippen LogP contribution is 2.54. The number of para-hydroxylation sites is 1. The lowest BCUT2D eigenvalue weighted by Crippen LogP contribution is -2.52. The Bertz CT molecular complexity index is 1180. The summed E-state index contributed by atoms with van der Waals surface area (Å²) >= 11 is 0. The second-order valence-corrected chi connectivity index (χ2v) is 9.28. The lowest BCUT2D eigenvalue weighted by molar-refractivity contribution is -0.132. The van der Waals surface area contributed by atoms with Gasteiger partial charge in [-0.3, -0.25) is 9.78 Å². The minimum absolute atomic E-state index is 0.0135. The number of anilines is 1. The van der Waals surface area contributed by atoms with Crippen LogP contribution >= 0.6 is 0 Å². The highest BCUT2D eigenvalue weighted by Gasteiger charge is 2.48. The number of rotatable bonds is 6. The van der Waals surface area contributed by atoms with Gasteiger partial charge in [0.2, 0.25) is 5.91 Å². The SMILES string of the molecule is C=CC(=O)N1CCCC2(CC(n3nc(-c4ccc(Oc5ccccc5)cn4)c(CN)c3N)C2)C1. The van der Waals surface area contributed by atoms with Crippen LogP contribution in [0.1, 0.15) is 37.3 Å². The Hall–Kier alpha value is -3.65. The minimum Gasteiger partial charge on any atom is -0.456 e. The van der Waals surface area contributed by atoms with Crippen molar-refractivity contribution in [3.63, 3.8) is 0 Å². The molecule has 0 radical (unpaired) electrons. The second-order valence-electron chi connectivity index (χ2n) is 9.28. The van der Waals surface area contributed by atoms with Gasteiger partial charge in [0.15, 0.2) is 0 Å². The number of pyridine rings is 1. The zero-order chi connectivity index (χ0) is 23.7. The monoisotopic (exact) mass is 458 g/mol. The van der Waals surface area contributed by atoms with Crippen molar-refractivity contribution in [2.45, 2.75) is 38.3 Å². The van der Waals surface area contributed by atoms with E-state index in [9.17, 15) is 4.79 Å². The van der Waals surface area contributed by atoms with Crippen molar-refractivity contribution in [3.8, 4) is 22.9 Å². The van der Waals surface area contributed by atoms with Crippen molar-refractivity contribution in [1.29, 1.82) is 0 Å². The summed E-state index contributed by atoms with van der Waals surface area (Å²) in [4.78, 5) is 18.6. The van der Waals surface area contributed by atoms with Gasteiger partial charge in [-0.05, 0) is 61.4 Å². The Morgan fingerprint density at radius 3 is 2.68 bits per heavy atom. The van der Waals surface area contributed by atoms with Crippen molar-refractivity contribution in [3.05, 3.63) is 66.9 Å². The summed E-state index contributed by atoms with van der Waals surface area (Å²) in [5.74, 6) is 2.01. The van der Waals surface area contributed by atoms with Crippen LogP contribution in [0.5, 0.6) is 11.5 Å². The van der Waals surface area contributed by atoms with Gasteiger partial charge in [-0.1, -0.05) is 24.8 Å². The first-order valence-corrected chi connectivity index (χ1v) is 11.7. The number of benzene rings is 1. The van der Waals surface area contributed by atoms with Crippen molar-refractivity contribution >= 4 is 11.7 Å². The van der Waals surface area contributed by atoms with Gasteiger partial charge >= 0.3 is 0 Å². The van der Waals surface area contributed by atoms with Crippen LogP contribution in [-0.2, 0) is 11.3 Å². The number of hydrogen-bond donors (Lipinski definition) is 2. The fourth-order valence-electron chi connectivity index (χ4n) is 5.34. The molecule has 0 unspecified atom stereocenters. The van der Waals surface area contributed by atoms with E-state index in [-0.39, 0.29) is 23.9 Å². The fourth-order valence-corrected chi connectivity index (χ4v) is 5.34. The second kappa shape index (κ2) is 8.95. The van der Waals surface area contributed by atoms with E-state index in [2.05, 4.69) is 11.6 Å². The number of piperidine rings is 1. The molecule has 2 fully saturated rings. The number of amides is 1. The maximum absolute atomic E-state index is 12.1. The lowest BCUT2D eigenvalue weighted by Gasteiger charge is -2.52. The minimum atomic E-state index is 0.0135. The lowest BCUT2D eigenvalue weighted by atomic mass is 9.61. The Kier molecular flexibility index (Phi) is 5.83. The topological polar surface area (TPSA) is 112 Å². The maximum Gasteiger partial charge on any atom is 0.245 e. The molecule has 4 N–H and O–H groups in total. The largest absolute Gasteiger partial charge is 0.456 e. The van der Waals surface area contributed by atoms with E-state index in [0.717, 1.165) is 50.1 Å². The van der Waals surface area contributed by atoms with Crippen LogP contribution in [0.15, 0.2) is 61.3 Å². The van der Waals surface area contributed by atoms with Gasteiger partial charge < -0.3 is 21.1 Å². The summed E-state index contributed by atoms with van der Waals surface area (Å²) in [5, 5.41) is 4.85. The van der Waals surface area contributed by atoms with Crippen LogP contribution in [0.2, 0.25) is 0 Å². The fraction of sp³-hybridized carbons (Fsp3) is 0.346. The third kappa shape index (κ3) is 4.05. The molecule has 1 saturated carbocycles. The zero-order valence-corrected chi connectivity index (χ0v) is 19.2. The van der Waals surface area contributed by atoms with Gasteiger partial charge in [0.1, 0.15) is 23.0 Å². The normalized spacial score (nSPS) is 21.8. The summed E-state index contributed by atoms with van der Waals surface area (Å²) in [6.07, 6.45) is 7.11. The number of ether oxygens (including phenoxy) is 1. The number of nitrogens with two attached hydrogens (primary N) is 2. The summed E-state index contributed by atoms with van der Waals surface area (Å²) in [7, 11) is 0. The molecule has 8 nitrogen and oxygen atoms in total. The summed E-state index contributed by atoms with van der Waals surface area (Å²) in [6, 6.07) is 13.5. The molecular formula is C26H30N6O2. The summed E-state index contributed by atoms with van der Waals surface area (Å²) in [6.45, 7) is 5.49. The van der Waals surface area contributed by atoms with Crippen LogP contribution in [0.3, 0.4) is 0 Å². The van der Waals surface area contributed by atoms with E-state index in [4.69, 9.17) is 21.3 Å². The standard InChI is InChI=1S/C26H30N6O2/c1-2-23(33)31-12-6-11-26(17-31)13-18(14-26)32-25(28)21(15-27)24(30-32)22-10-9-20(16-29-22)34-19-7-4-3-5-8-19/h2-5,7-10,16,18H,1,6,11-15,17,27-28H2. The Morgan fingerprint density at radius 2 is 2.00 bits per heavy atom. The predicted molar refractivity (Wildman–Crippen MR) is 131 cm³/mol. The van der Waals surface area contributed by atoms with E-state index < -0.39 is 0 Å². The highest BCUT2D eigenvalue weighted by molar-refractivity contribution is 5.87. The highest BCUT2D eigenvalue weighted by atomic mass is 16.5. The quantitative estimate of drug-likeness (QED) is 0.542. The first kappa shape index (κ1) is 22.2. The number of carbonyl (C=O) groups is 1. The summed E-state index contributed by atoms with van der Waals surface area (Å²) < 4.78 is 7.75. The molecule has 5 rings (SSSR count). The van der Waals surface area contributed by atoms with Crippen molar-refractivity contribution in [2.24, 2.45) is 11.1 Å². The predicted octanol–water partition coefficient (Wildman–Crippen LogP) is 3.91. The number of nitrogen functional groups attached to an aromatic ring is 1. The molecule has 3 aromatic rings. The molecule has 1 spiro atoms. The Balaban J connectivity index is 1.33. The molecule has 0 bridgehead atoms. The molecule has 1 aromatic carbocycles. The number of aromatic nitrogens is 3. The number of nitrogens with zero attached hydrogens (tertiary/aromatic N) is 4. The third-order valence-electron chi connectivity index (χ3n) is 7.04. The van der Waals surface area contributed by atoms with Crippen LogP contribution in [0, 0.1) is 5.41 Å². The molecule has 34 heavy (non-hydrogen) atoms. The van der Waals surface area contributed by atoms with E-state index >= 15 is 0 Å². The van der Waals surface area contributed by atoms with Crippen LogP contribution < -0.4 is 16.2 Å². The van der Waals surface area contributed by atoms with E-state index in [1.807, 2.05) is 52.0 Å². The number of carbonyl (C=O) groups excluding carboxylic acids is 1. The number of likely N-dealkylation sites (tertiary alicyclic amines) is 1. The van der Waals surface area contributed by atoms with Gasteiger partial charge in [0.25, 0.3) is 0 Å². The van der Waals surface area contributed by atoms with E-state index in [1.54, 1.807) is 6.20 Å². The van der Waals surface area contributed by atoms with Gasteiger partial charge in [-0.25, -0.2) is 4.68 Å². The van der Waals surface area contributed by atoms with Gasteiger partial charge in [-0.2, -0.15) is 5.10 Å². The van der Waals surface area contributed by atoms with Crippen molar-refractivity contribution in [2.75, 3.05) is 18.8 Å². The molecular weight excluding hydrogens is 428 g/mol. The van der Waals surface area contributed by atoms with Gasteiger partial charge in [0.05, 0.1) is 17.9 Å². The Labute approximate surface area is 199 Å². The van der Waals surface area contributed by atoms with Crippen molar-refractivity contribution in [1.82, 2.24) is 19.7 Å². The molecule has 1 amide bonds. The zero-order valence-electron chi connectivity index (χ0n) is 19.2. The molecule has 1 saturated heterocycles.